The van der Waals surface area contributed by atoms with Crippen LogP contribution in [-0.4, -0.2) is 42.5 Å². The van der Waals surface area contributed by atoms with Crippen molar-refractivity contribution in [2.75, 3.05) is 19.8 Å². The second-order valence-electron chi connectivity index (χ2n) is 7.58. The number of carbonyl (C=O) groups is 2. The topological polar surface area (TPSA) is 67.9 Å². The molecule has 0 saturated heterocycles. The van der Waals surface area contributed by atoms with Gasteiger partial charge in [0, 0.05) is 24.5 Å². The number of carbonyl (C=O) groups excluding carboxylic acids is 2. The molecule has 0 aromatic heterocycles. The molecule has 0 spiro atoms. The summed E-state index contributed by atoms with van der Waals surface area (Å²) in [4.78, 5) is 27.7. The minimum Gasteiger partial charge on any atom is -0.490 e. The molecule has 0 aliphatic rings. The number of amides is 2. The Labute approximate surface area is 202 Å². The van der Waals surface area contributed by atoms with E-state index in [9.17, 15) is 9.59 Å². The Morgan fingerprint density at radius 3 is 2.33 bits per heavy atom. The fourth-order valence-electron chi connectivity index (χ4n) is 3.67. The lowest BCUT2D eigenvalue weighted by atomic mass is 10.1. The molecular weight excluding hydrogens is 440 g/mol. The SMILES string of the molecule is CCNC(=O)[C@@H](CC)N(Cc1ccccc1Cl)C(=O)CCc1ccc(OCC)c(OCC)c1. The molecule has 0 bridgehead atoms. The normalized spacial score (nSPS) is 11.5. The molecule has 33 heavy (non-hydrogen) atoms. The molecule has 0 aliphatic carbocycles. The van der Waals surface area contributed by atoms with Crippen molar-refractivity contribution in [3.8, 4) is 11.5 Å². The predicted molar refractivity (Wildman–Crippen MR) is 132 cm³/mol. The molecule has 1 N–H and O–H groups in total. The Hall–Kier alpha value is -2.73. The zero-order valence-corrected chi connectivity index (χ0v) is 20.8. The third kappa shape index (κ3) is 7.67. The number of hydrogen-bond donors (Lipinski definition) is 1. The molecule has 1 atom stereocenters. The van der Waals surface area contributed by atoms with Crippen molar-refractivity contribution in [1.82, 2.24) is 10.2 Å². The van der Waals surface area contributed by atoms with Gasteiger partial charge in [0.15, 0.2) is 11.5 Å². The van der Waals surface area contributed by atoms with Crippen molar-refractivity contribution in [3.63, 3.8) is 0 Å². The first kappa shape index (κ1) is 26.5. The highest BCUT2D eigenvalue weighted by Crippen LogP contribution is 2.29. The third-order valence-corrected chi connectivity index (χ3v) is 5.64. The molecule has 0 heterocycles. The lowest BCUT2D eigenvalue weighted by molar-refractivity contribution is -0.141. The van der Waals surface area contributed by atoms with Crippen LogP contribution in [0.1, 0.15) is 51.7 Å². The van der Waals surface area contributed by atoms with E-state index in [4.69, 9.17) is 21.1 Å². The molecule has 2 rings (SSSR count). The molecule has 180 valence electrons. The summed E-state index contributed by atoms with van der Waals surface area (Å²) in [7, 11) is 0. The molecule has 6 nitrogen and oxygen atoms in total. The van der Waals surface area contributed by atoms with Crippen LogP contribution in [0, 0.1) is 0 Å². The Bertz CT molecular complexity index is 919. The highest BCUT2D eigenvalue weighted by Gasteiger charge is 2.28. The molecule has 0 saturated carbocycles. The van der Waals surface area contributed by atoms with Crippen molar-refractivity contribution >= 4 is 23.4 Å². The summed E-state index contributed by atoms with van der Waals surface area (Å²) >= 11 is 6.36. The maximum atomic E-state index is 13.4. The summed E-state index contributed by atoms with van der Waals surface area (Å²) in [6.45, 7) is 9.49. The number of likely N-dealkylation sites (N-methyl/N-ethyl adjacent to an activating group) is 1. The van der Waals surface area contributed by atoms with Gasteiger partial charge in [-0.1, -0.05) is 42.8 Å². The van der Waals surface area contributed by atoms with Crippen molar-refractivity contribution in [3.05, 3.63) is 58.6 Å². The number of ether oxygens (including phenoxy) is 2. The number of halogens is 1. The molecule has 2 amide bonds. The lowest BCUT2D eigenvalue weighted by Gasteiger charge is -2.31. The van der Waals surface area contributed by atoms with Gasteiger partial charge < -0.3 is 19.7 Å². The largest absolute Gasteiger partial charge is 0.490 e. The van der Waals surface area contributed by atoms with Gasteiger partial charge in [-0.25, -0.2) is 0 Å². The maximum absolute atomic E-state index is 13.4. The van der Waals surface area contributed by atoms with E-state index in [0.29, 0.717) is 49.1 Å². The smallest absolute Gasteiger partial charge is 0.242 e. The summed E-state index contributed by atoms with van der Waals surface area (Å²) in [6, 6.07) is 12.6. The molecule has 0 unspecified atom stereocenters. The highest BCUT2D eigenvalue weighted by atomic mass is 35.5. The van der Waals surface area contributed by atoms with Crippen LogP contribution in [0.3, 0.4) is 0 Å². The van der Waals surface area contributed by atoms with Gasteiger partial charge in [0.25, 0.3) is 0 Å². The van der Waals surface area contributed by atoms with E-state index >= 15 is 0 Å². The maximum Gasteiger partial charge on any atom is 0.242 e. The van der Waals surface area contributed by atoms with E-state index in [0.717, 1.165) is 11.1 Å². The Morgan fingerprint density at radius 1 is 1.00 bits per heavy atom. The van der Waals surface area contributed by atoms with E-state index in [1.807, 2.05) is 64.1 Å². The Morgan fingerprint density at radius 2 is 1.70 bits per heavy atom. The van der Waals surface area contributed by atoms with Gasteiger partial charge in [0.2, 0.25) is 11.8 Å². The summed E-state index contributed by atoms with van der Waals surface area (Å²) in [5.41, 5.74) is 1.79. The van der Waals surface area contributed by atoms with Gasteiger partial charge in [0.1, 0.15) is 6.04 Å². The molecule has 0 radical (unpaired) electrons. The average molecular weight is 475 g/mol. The predicted octanol–water partition coefficient (Wildman–Crippen LogP) is 5.01. The number of rotatable bonds is 13. The quantitative estimate of drug-likeness (QED) is 0.443. The standard InChI is InChI=1S/C26H35ClN2O4/c1-5-22(26(31)28-6-2)29(18-20-11-9-10-12-21(20)27)25(30)16-14-19-13-15-23(32-7-3)24(17-19)33-8-4/h9-13,15,17,22H,5-8,14,16,18H2,1-4H3,(H,28,31)/t22-/m1/s1. The van der Waals surface area contributed by atoms with Crippen LogP contribution < -0.4 is 14.8 Å². The molecule has 0 aliphatic heterocycles. The van der Waals surface area contributed by atoms with Gasteiger partial charge in [0.05, 0.1) is 13.2 Å². The van der Waals surface area contributed by atoms with Gasteiger partial charge in [-0.15, -0.1) is 0 Å². The minimum absolute atomic E-state index is 0.0973. The Kier molecular flexibility index (Phi) is 11.0. The number of hydrogen-bond acceptors (Lipinski definition) is 4. The number of benzene rings is 2. The summed E-state index contributed by atoms with van der Waals surface area (Å²) in [5.74, 6) is 1.11. The van der Waals surface area contributed by atoms with Crippen LogP contribution >= 0.6 is 11.6 Å². The molecular formula is C26H35ClN2O4. The van der Waals surface area contributed by atoms with Crippen molar-refractivity contribution in [1.29, 1.82) is 0 Å². The van der Waals surface area contributed by atoms with Gasteiger partial charge in [-0.3, -0.25) is 9.59 Å². The first-order chi connectivity index (χ1) is 15.9. The molecule has 7 heteroatoms. The van der Waals surface area contributed by atoms with E-state index in [-0.39, 0.29) is 24.8 Å². The fraction of sp³-hybridized carbons (Fsp3) is 0.462. The van der Waals surface area contributed by atoms with Crippen LogP contribution in [0.25, 0.3) is 0 Å². The third-order valence-electron chi connectivity index (χ3n) is 5.27. The molecule has 2 aromatic rings. The van der Waals surface area contributed by atoms with Crippen LogP contribution in [-0.2, 0) is 22.6 Å². The zero-order valence-electron chi connectivity index (χ0n) is 20.0. The Balaban J connectivity index is 2.22. The second-order valence-corrected chi connectivity index (χ2v) is 7.99. The molecule has 0 fully saturated rings. The van der Waals surface area contributed by atoms with Crippen molar-refractivity contribution < 1.29 is 19.1 Å². The lowest BCUT2D eigenvalue weighted by Crippen LogP contribution is -2.49. The fourth-order valence-corrected chi connectivity index (χ4v) is 3.86. The van der Waals surface area contributed by atoms with Gasteiger partial charge in [-0.2, -0.15) is 0 Å². The number of aryl methyl sites for hydroxylation is 1. The van der Waals surface area contributed by atoms with E-state index in [1.165, 1.54) is 0 Å². The molecule has 2 aromatic carbocycles. The monoisotopic (exact) mass is 474 g/mol. The minimum atomic E-state index is -0.562. The van der Waals surface area contributed by atoms with Crippen LogP contribution in [0.4, 0.5) is 0 Å². The van der Waals surface area contributed by atoms with Gasteiger partial charge >= 0.3 is 0 Å². The number of nitrogens with zero attached hydrogens (tertiary/aromatic N) is 1. The number of nitrogens with one attached hydrogen (secondary N) is 1. The van der Waals surface area contributed by atoms with E-state index in [1.54, 1.807) is 11.0 Å². The summed E-state index contributed by atoms with van der Waals surface area (Å²) < 4.78 is 11.3. The van der Waals surface area contributed by atoms with Crippen molar-refractivity contribution in [2.24, 2.45) is 0 Å². The summed E-state index contributed by atoms with van der Waals surface area (Å²) in [6.07, 6.45) is 1.30. The van der Waals surface area contributed by atoms with Crippen LogP contribution in [0.15, 0.2) is 42.5 Å². The highest BCUT2D eigenvalue weighted by molar-refractivity contribution is 6.31. The van der Waals surface area contributed by atoms with Crippen LogP contribution in [0.5, 0.6) is 11.5 Å². The second kappa shape index (κ2) is 13.7. The van der Waals surface area contributed by atoms with E-state index in [2.05, 4.69) is 5.32 Å². The zero-order chi connectivity index (χ0) is 24.2. The first-order valence-electron chi connectivity index (χ1n) is 11.6. The van der Waals surface area contributed by atoms with Crippen molar-refractivity contribution in [2.45, 2.75) is 59.5 Å². The van der Waals surface area contributed by atoms with Crippen LogP contribution in [0.2, 0.25) is 5.02 Å². The first-order valence-corrected chi connectivity index (χ1v) is 12.0. The van der Waals surface area contributed by atoms with E-state index < -0.39 is 6.04 Å². The average Bonchev–Trinajstić information content (AvgIpc) is 2.80. The van der Waals surface area contributed by atoms with Gasteiger partial charge in [-0.05, 0) is 62.9 Å². The summed E-state index contributed by atoms with van der Waals surface area (Å²) in [5, 5.41) is 3.43.